The van der Waals surface area contributed by atoms with Crippen molar-refractivity contribution in [2.45, 2.75) is 19.8 Å². The normalized spacial score (nSPS) is 10.6. The van der Waals surface area contributed by atoms with Crippen molar-refractivity contribution in [1.82, 2.24) is 5.32 Å². The standard InChI is InChI=1S/C14H20F2N2O2/c1-2-8-20-9-4-7-17-10-13(19)18-14-11(15)5-3-6-12(14)16/h3,5-6,17H,2,4,7-10H2,1H3,(H,18,19). The van der Waals surface area contributed by atoms with Crippen LogP contribution >= 0.6 is 0 Å². The number of para-hydroxylation sites is 1. The molecule has 1 aromatic carbocycles. The average Bonchev–Trinajstić information content (AvgIpc) is 2.42. The van der Waals surface area contributed by atoms with Crippen molar-refractivity contribution >= 4 is 11.6 Å². The molecule has 0 saturated carbocycles. The van der Waals surface area contributed by atoms with E-state index in [4.69, 9.17) is 4.74 Å². The number of hydrogen-bond donors (Lipinski definition) is 2. The topological polar surface area (TPSA) is 50.4 Å². The average molecular weight is 286 g/mol. The zero-order valence-electron chi connectivity index (χ0n) is 11.5. The molecule has 20 heavy (non-hydrogen) atoms. The lowest BCUT2D eigenvalue weighted by atomic mass is 10.3. The van der Waals surface area contributed by atoms with Crippen LogP contribution in [0.4, 0.5) is 14.5 Å². The number of carbonyl (C=O) groups is 1. The molecule has 2 N–H and O–H groups in total. The van der Waals surface area contributed by atoms with Crippen LogP contribution in [0.3, 0.4) is 0 Å². The van der Waals surface area contributed by atoms with Gasteiger partial charge in [0.2, 0.25) is 5.91 Å². The number of ether oxygens (including phenoxy) is 1. The van der Waals surface area contributed by atoms with Gasteiger partial charge in [0, 0.05) is 13.2 Å². The molecule has 1 rings (SSSR count). The maximum absolute atomic E-state index is 13.3. The summed E-state index contributed by atoms with van der Waals surface area (Å²) in [7, 11) is 0. The van der Waals surface area contributed by atoms with Crippen molar-refractivity contribution in [1.29, 1.82) is 0 Å². The molecule has 0 aromatic heterocycles. The SMILES string of the molecule is CCCOCCCNCC(=O)Nc1c(F)cccc1F. The first kappa shape index (κ1) is 16.5. The first-order valence-electron chi connectivity index (χ1n) is 6.67. The van der Waals surface area contributed by atoms with Gasteiger partial charge in [0.25, 0.3) is 0 Å². The number of carbonyl (C=O) groups excluding carboxylic acids is 1. The number of amides is 1. The van der Waals surface area contributed by atoms with Crippen molar-refractivity contribution in [3.8, 4) is 0 Å². The first-order valence-corrected chi connectivity index (χ1v) is 6.67. The maximum atomic E-state index is 13.3. The molecule has 0 spiro atoms. The Labute approximate surface area is 117 Å². The Kier molecular flexibility index (Phi) is 7.75. The Bertz CT molecular complexity index is 407. The van der Waals surface area contributed by atoms with E-state index in [0.29, 0.717) is 13.2 Å². The number of rotatable bonds is 9. The molecule has 112 valence electrons. The van der Waals surface area contributed by atoms with Crippen molar-refractivity contribution in [3.63, 3.8) is 0 Å². The second-order valence-electron chi connectivity index (χ2n) is 4.29. The summed E-state index contributed by atoms with van der Waals surface area (Å²) in [6.07, 6.45) is 1.76. The van der Waals surface area contributed by atoms with Crippen LogP contribution in [0.5, 0.6) is 0 Å². The highest BCUT2D eigenvalue weighted by atomic mass is 19.1. The van der Waals surface area contributed by atoms with Gasteiger partial charge in [-0.25, -0.2) is 8.78 Å². The van der Waals surface area contributed by atoms with Crippen LogP contribution in [0.2, 0.25) is 0 Å². The molecule has 0 fully saturated rings. The zero-order valence-corrected chi connectivity index (χ0v) is 11.5. The lowest BCUT2D eigenvalue weighted by Crippen LogP contribution is -2.29. The molecule has 0 heterocycles. The molecule has 0 aliphatic heterocycles. The number of hydrogen-bond acceptors (Lipinski definition) is 3. The highest BCUT2D eigenvalue weighted by Crippen LogP contribution is 2.17. The minimum atomic E-state index is -0.786. The summed E-state index contributed by atoms with van der Waals surface area (Å²) in [6, 6.07) is 3.43. The highest BCUT2D eigenvalue weighted by Gasteiger charge is 2.11. The number of nitrogens with one attached hydrogen (secondary N) is 2. The molecule has 4 nitrogen and oxygen atoms in total. The van der Waals surface area contributed by atoms with E-state index in [1.54, 1.807) is 0 Å². The Hall–Kier alpha value is -1.53. The third-order valence-corrected chi connectivity index (χ3v) is 2.50. The minimum Gasteiger partial charge on any atom is -0.381 e. The zero-order chi connectivity index (χ0) is 14.8. The summed E-state index contributed by atoms with van der Waals surface area (Å²) in [4.78, 5) is 11.5. The molecule has 0 bridgehead atoms. The first-order chi connectivity index (χ1) is 9.65. The second kappa shape index (κ2) is 9.39. The van der Waals surface area contributed by atoms with Crippen molar-refractivity contribution in [3.05, 3.63) is 29.8 Å². The van der Waals surface area contributed by atoms with E-state index >= 15 is 0 Å². The molecule has 0 radical (unpaired) electrons. The van der Waals surface area contributed by atoms with Crippen LogP contribution in [-0.2, 0) is 9.53 Å². The van der Waals surface area contributed by atoms with E-state index in [1.165, 1.54) is 6.07 Å². The van der Waals surface area contributed by atoms with E-state index < -0.39 is 23.2 Å². The molecule has 0 aliphatic rings. The number of benzene rings is 1. The smallest absolute Gasteiger partial charge is 0.238 e. The summed E-state index contributed by atoms with van der Waals surface area (Å²) in [5, 5.41) is 5.09. The third-order valence-electron chi connectivity index (χ3n) is 2.50. The van der Waals surface area contributed by atoms with Crippen molar-refractivity contribution in [2.24, 2.45) is 0 Å². The van der Waals surface area contributed by atoms with Gasteiger partial charge in [-0.3, -0.25) is 4.79 Å². The van der Waals surface area contributed by atoms with Crippen LogP contribution in [0, 0.1) is 11.6 Å². The van der Waals surface area contributed by atoms with Crippen LogP contribution in [0.15, 0.2) is 18.2 Å². The quantitative estimate of drug-likeness (QED) is 0.685. The van der Waals surface area contributed by atoms with Crippen LogP contribution < -0.4 is 10.6 Å². The molecular formula is C14H20F2N2O2. The molecule has 0 unspecified atom stereocenters. The Morgan fingerprint density at radius 2 is 1.95 bits per heavy atom. The van der Waals surface area contributed by atoms with Gasteiger partial charge in [-0.2, -0.15) is 0 Å². The molecule has 1 aromatic rings. The van der Waals surface area contributed by atoms with E-state index in [9.17, 15) is 13.6 Å². The van der Waals surface area contributed by atoms with Crippen LogP contribution in [0.25, 0.3) is 0 Å². The molecule has 1 amide bonds. The minimum absolute atomic E-state index is 0.00154. The summed E-state index contributed by atoms with van der Waals surface area (Å²) in [5.41, 5.74) is -0.412. The molecule has 0 aliphatic carbocycles. The van der Waals surface area contributed by atoms with Gasteiger partial charge in [-0.15, -0.1) is 0 Å². The Balaban J connectivity index is 2.21. The fourth-order valence-electron chi connectivity index (χ4n) is 1.55. The van der Waals surface area contributed by atoms with Gasteiger partial charge in [-0.05, 0) is 31.5 Å². The van der Waals surface area contributed by atoms with Gasteiger partial charge >= 0.3 is 0 Å². The highest BCUT2D eigenvalue weighted by molar-refractivity contribution is 5.92. The van der Waals surface area contributed by atoms with E-state index in [-0.39, 0.29) is 6.54 Å². The van der Waals surface area contributed by atoms with E-state index in [1.807, 2.05) is 6.92 Å². The van der Waals surface area contributed by atoms with Gasteiger partial charge < -0.3 is 15.4 Å². The predicted molar refractivity (Wildman–Crippen MR) is 73.6 cm³/mol. The summed E-state index contributed by atoms with van der Waals surface area (Å²) < 4.78 is 31.8. The Morgan fingerprint density at radius 3 is 2.60 bits per heavy atom. The monoisotopic (exact) mass is 286 g/mol. The predicted octanol–water partition coefficient (Wildman–Crippen LogP) is 2.31. The maximum Gasteiger partial charge on any atom is 0.238 e. The second-order valence-corrected chi connectivity index (χ2v) is 4.29. The van der Waals surface area contributed by atoms with E-state index in [0.717, 1.165) is 31.6 Å². The molecule has 0 saturated heterocycles. The number of anilines is 1. The Morgan fingerprint density at radius 1 is 1.25 bits per heavy atom. The molecule has 0 atom stereocenters. The fourth-order valence-corrected chi connectivity index (χ4v) is 1.55. The van der Waals surface area contributed by atoms with E-state index in [2.05, 4.69) is 10.6 Å². The van der Waals surface area contributed by atoms with Gasteiger partial charge in [-0.1, -0.05) is 13.0 Å². The van der Waals surface area contributed by atoms with Gasteiger partial charge in [0.1, 0.15) is 17.3 Å². The molecule has 6 heteroatoms. The van der Waals surface area contributed by atoms with Crippen molar-refractivity contribution < 1.29 is 18.3 Å². The fraction of sp³-hybridized carbons (Fsp3) is 0.500. The number of halogens is 2. The lowest BCUT2D eigenvalue weighted by molar-refractivity contribution is -0.115. The summed E-state index contributed by atoms with van der Waals surface area (Å²) in [6.45, 7) is 4.00. The van der Waals surface area contributed by atoms with Crippen LogP contribution in [0.1, 0.15) is 19.8 Å². The summed E-state index contributed by atoms with van der Waals surface area (Å²) >= 11 is 0. The third kappa shape index (κ3) is 6.08. The summed E-state index contributed by atoms with van der Waals surface area (Å²) in [5.74, 6) is -2.05. The largest absolute Gasteiger partial charge is 0.381 e. The van der Waals surface area contributed by atoms with Crippen molar-refractivity contribution in [2.75, 3.05) is 31.6 Å². The molecular weight excluding hydrogens is 266 g/mol. The van der Waals surface area contributed by atoms with Gasteiger partial charge in [0.15, 0.2) is 0 Å². The lowest BCUT2D eigenvalue weighted by Gasteiger charge is -2.08. The van der Waals surface area contributed by atoms with Crippen LogP contribution in [-0.4, -0.2) is 32.2 Å². The van der Waals surface area contributed by atoms with Gasteiger partial charge in [0.05, 0.1) is 6.54 Å².